The highest BCUT2D eigenvalue weighted by Gasteiger charge is 2.37. The van der Waals surface area contributed by atoms with Crippen LogP contribution < -0.4 is 9.47 Å². The van der Waals surface area contributed by atoms with Gasteiger partial charge in [-0.2, -0.15) is 0 Å². The van der Waals surface area contributed by atoms with Crippen LogP contribution in [0, 0.1) is 16.0 Å². The van der Waals surface area contributed by atoms with Gasteiger partial charge in [-0.15, -0.1) is 0 Å². The highest BCUT2D eigenvalue weighted by Crippen LogP contribution is 2.36. The van der Waals surface area contributed by atoms with Crippen molar-refractivity contribution in [3.05, 3.63) is 63.7 Å². The zero-order valence-corrected chi connectivity index (χ0v) is 20.7. The largest absolute Gasteiger partial charge is 0.497 e. The van der Waals surface area contributed by atoms with Crippen molar-refractivity contribution in [2.45, 2.75) is 32.6 Å². The highest BCUT2D eigenvalue weighted by molar-refractivity contribution is 5.98. The number of ether oxygens (including phenoxy) is 3. The fourth-order valence-electron chi connectivity index (χ4n) is 4.00. The van der Waals surface area contributed by atoms with Crippen LogP contribution >= 0.6 is 0 Å². The fourth-order valence-corrected chi connectivity index (χ4v) is 4.00. The molecule has 0 saturated heterocycles. The summed E-state index contributed by atoms with van der Waals surface area (Å²) in [6, 6.07) is 11.3. The van der Waals surface area contributed by atoms with E-state index in [1.54, 1.807) is 12.0 Å². The van der Waals surface area contributed by atoms with Gasteiger partial charge < -0.3 is 29.1 Å². The number of hydrogen-bond donors (Lipinski definition) is 1. The lowest BCUT2D eigenvalue weighted by molar-refractivity contribution is -0.386. The number of nitro groups is 1. The Hall–Kier alpha value is -3.86. The Morgan fingerprint density at radius 2 is 2.00 bits per heavy atom. The van der Waals surface area contributed by atoms with Crippen molar-refractivity contribution in [1.82, 2.24) is 9.80 Å². The summed E-state index contributed by atoms with van der Waals surface area (Å²) in [5, 5.41) is 21.0. The molecule has 194 valence electrons. The van der Waals surface area contributed by atoms with Crippen molar-refractivity contribution in [1.29, 1.82) is 0 Å². The first-order valence-corrected chi connectivity index (χ1v) is 11.5. The van der Waals surface area contributed by atoms with E-state index in [-0.39, 0.29) is 48.7 Å². The van der Waals surface area contributed by atoms with Gasteiger partial charge in [0.15, 0.2) is 0 Å². The lowest BCUT2D eigenvalue weighted by atomic mass is 9.99. The molecule has 0 radical (unpaired) electrons. The van der Waals surface area contributed by atoms with E-state index in [9.17, 15) is 24.8 Å². The average Bonchev–Trinajstić information content (AvgIpc) is 2.85. The number of nitrogens with zero attached hydrogens (tertiary/aromatic N) is 3. The number of fused-ring (bicyclic) bond motifs is 1. The molecular formula is C25H31N3O8. The van der Waals surface area contributed by atoms with Crippen LogP contribution in [0.3, 0.4) is 0 Å². The molecule has 2 aromatic rings. The van der Waals surface area contributed by atoms with Gasteiger partial charge in [-0.05, 0) is 30.7 Å². The summed E-state index contributed by atoms with van der Waals surface area (Å²) in [5.74, 6) is -0.150. The second-order valence-electron chi connectivity index (χ2n) is 8.88. The zero-order valence-electron chi connectivity index (χ0n) is 20.7. The standard InChI is InChI=1S/C25H31N3O8/c1-16-12-27(17(2)14-35-15-18-8-10-19(34-4)11-9-18)24(29)20-6-5-7-21(28(32)33)23(20)36-22(16)13-26(3)25(30)31/h5-11,16-17,22H,12-15H2,1-4H3,(H,30,31)/t16-,17+,22+/m1/s1. The minimum Gasteiger partial charge on any atom is -0.497 e. The molecule has 0 fully saturated rings. The molecule has 36 heavy (non-hydrogen) atoms. The van der Waals surface area contributed by atoms with Gasteiger partial charge >= 0.3 is 11.8 Å². The summed E-state index contributed by atoms with van der Waals surface area (Å²) in [4.78, 5) is 38.7. The summed E-state index contributed by atoms with van der Waals surface area (Å²) in [5.41, 5.74) is 0.656. The molecular weight excluding hydrogens is 470 g/mol. The van der Waals surface area contributed by atoms with E-state index in [2.05, 4.69) is 0 Å². The molecule has 11 heteroatoms. The van der Waals surface area contributed by atoms with Crippen molar-refractivity contribution in [3.63, 3.8) is 0 Å². The molecule has 11 nitrogen and oxygen atoms in total. The Kier molecular flexibility index (Phi) is 8.70. The second-order valence-corrected chi connectivity index (χ2v) is 8.88. The van der Waals surface area contributed by atoms with Gasteiger partial charge in [0, 0.05) is 25.6 Å². The lowest BCUT2D eigenvalue weighted by Gasteiger charge is -2.38. The number of carbonyl (C=O) groups is 2. The Morgan fingerprint density at radius 3 is 2.61 bits per heavy atom. The third-order valence-electron chi connectivity index (χ3n) is 6.17. The summed E-state index contributed by atoms with van der Waals surface area (Å²) in [7, 11) is 2.99. The van der Waals surface area contributed by atoms with Gasteiger partial charge in [0.1, 0.15) is 11.9 Å². The van der Waals surface area contributed by atoms with E-state index < -0.39 is 23.0 Å². The molecule has 2 amide bonds. The number of methoxy groups -OCH3 is 1. The number of benzene rings is 2. The van der Waals surface area contributed by atoms with Crippen LogP contribution in [0.25, 0.3) is 0 Å². The van der Waals surface area contributed by atoms with E-state index >= 15 is 0 Å². The summed E-state index contributed by atoms with van der Waals surface area (Å²) >= 11 is 0. The van der Waals surface area contributed by atoms with E-state index in [4.69, 9.17) is 14.2 Å². The lowest BCUT2D eigenvalue weighted by Crippen LogP contribution is -2.50. The van der Waals surface area contributed by atoms with Crippen LogP contribution in [0.1, 0.15) is 29.8 Å². The summed E-state index contributed by atoms with van der Waals surface area (Å²) in [6.45, 7) is 4.47. The summed E-state index contributed by atoms with van der Waals surface area (Å²) < 4.78 is 17.0. The maximum atomic E-state index is 13.5. The van der Waals surface area contributed by atoms with Crippen molar-refractivity contribution >= 4 is 17.7 Å². The number of amides is 2. The van der Waals surface area contributed by atoms with Crippen LogP contribution in [0.4, 0.5) is 10.5 Å². The normalized spacial score (nSPS) is 18.3. The van der Waals surface area contributed by atoms with Gasteiger partial charge in [0.05, 0.1) is 43.4 Å². The number of carboxylic acid groups (broad SMARTS) is 1. The van der Waals surface area contributed by atoms with Gasteiger partial charge in [-0.25, -0.2) is 4.79 Å². The van der Waals surface area contributed by atoms with Crippen molar-refractivity contribution in [2.24, 2.45) is 5.92 Å². The van der Waals surface area contributed by atoms with E-state index in [0.29, 0.717) is 6.61 Å². The van der Waals surface area contributed by atoms with Gasteiger partial charge in [0.2, 0.25) is 5.75 Å². The molecule has 1 aliphatic heterocycles. The topological polar surface area (TPSA) is 132 Å². The highest BCUT2D eigenvalue weighted by atomic mass is 16.6. The number of para-hydroxylation sites is 1. The maximum Gasteiger partial charge on any atom is 0.407 e. The first-order chi connectivity index (χ1) is 17.1. The van der Waals surface area contributed by atoms with E-state index in [1.807, 2.05) is 38.1 Å². The Bertz CT molecular complexity index is 1090. The van der Waals surface area contributed by atoms with Crippen molar-refractivity contribution < 1.29 is 33.8 Å². The van der Waals surface area contributed by atoms with Crippen LogP contribution in [0.2, 0.25) is 0 Å². The molecule has 0 unspecified atom stereocenters. The predicted octanol–water partition coefficient (Wildman–Crippen LogP) is 3.66. The molecule has 0 aromatic heterocycles. The van der Waals surface area contributed by atoms with Crippen LogP contribution in [-0.2, 0) is 11.3 Å². The van der Waals surface area contributed by atoms with Crippen LogP contribution in [0.15, 0.2) is 42.5 Å². The van der Waals surface area contributed by atoms with Gasteiger partial charge in [-0.1, -0.05) is 25.1 Å². The molecule has 1 aliphatic rings. The smallest absolute Gasteiger partial charge is 0.407 e. The molecule has 1 heterocycles. The SMILES string of the molecule is COc1ccc(COC[C@H](C)N2C[C@@H](C)[C@H](CN(C)C(=O)O)Oc3c(cccc3[N+](=O)[O-])C2=O)cc1. The molecule has 0 aliphatic carbocycles. The molecule has 0 spiro atoms. The first-order valence-electron chi connectivity index (χ1n) is 11.5. The van der Waals surface area contributed by atoms with Crippen LogP contribution in [0.5, 0.6) is 11.5 Å². The maximum absolute atomic E-state index is 13.5. The second kappa shape index (κ2) is 11.7. The van der Waals surface area contributed by atoms with Gasteiger partial charge in [-0.3, -0.25) is 14.9 Å². The Labute approximate surface area is 209 Å². The Morgan fingerprint density at radius 1 is 1.31 bits per heavy atom. The predicted molar refractivity (Wildman–Crippen MR) is 130 cm³/mol. The molecule has 1 N–H and O–H groups in total. The quantitative estimate of drug-likeness (QED) is 0.407. The molecule has 0 saturated carbocycles. The molecule has 3 rings (SSSR count). The minimum atomic E-state index is -1.15. The molecule has 3 atom stereocenters. The third-order valence-corrected chi connectivity index (χ3v) is 6.17. The fraction of sp³-hybridized carbons (Fsp3) is 0.440. The monoisotopic (exact) mass is 501 g/mol. The van der Waals surface area contributed by atoms with E-state index in [1.165, 1.54) is 25.2 Å². The molecule has 2 aromatic carbocycles. The third kappa shape index (κ3) is 6.22. The van der Waals surface area contributed by atoms with Gasteiger partial charge in [0.25, 0.3) is 5.91 Å². The molecule has 0 bridgehead atoms. The number of nitro benzene ring substituents is 1. The minimum absolute atomic E-state index is 0.0215. The first kappa shape index (κ1) is 26.7. The zero-order chi connectivity index (χ0) is 26.4. The number of hydrogen-bond acceptors (Lipinski definition) is 7. The number of rotatable bonds is 9. The Balaban J connectivity index is 1.84. The number of likely N-dealkylation sites (N-methyl/N-ethyl adjacent to an activating group) is 1. The number of carbonyl (C=O) groups excluding carboxylic acids is 1. The average molecular weight is 502 g/mol. The summed E-state index contributed by atoms with van der Waals surface area (Å²) in [6.07, 6.45) is -1.86. The van der Waals surface area contributed by atoms with E-state index in [0.717, 1.165) is 16.2 Å². The van der Waals surface area contributed by atoms with Crippen molar-refractivity contribution in [3.8, 4) is 11.5 Å². The van der Waals surface area contributed by atoms with Crippen molar-refractivity contribution in [2.75, 3.05) is 33.9 Å². The van der Waals surface area contributed by atoms with Crippen LogP contribution in [-0.4, -0.2) is 77.8 Å².